The van der Waals surface area contributed by atoms with Crippen molar-refractivity contribution in [3.8, 4) is 11.5 Å². The smallest absolute Gasteiger partial charge is 0.419 e. The first-order valence-electron chi connectivity index (χ1n) is 7.64. The first kappa shape index (κ1) is 21.4. The summed E-state index contributed by atoms with van der Waals surface area (Å²) in [5, 5.41) is 18.9. The molecule has 0 radical (unpaired) electrons. The average Bonchev–Trinajstić information content (AvgIpc) is 2.57. The summed E-state index contributed by atoms with van der Waals surface area (Å²) in [6.07, 6.45) is -3.88. The molecule has 0 saturated heterocycles. The minimum atomic E-state index is -4.91. The van der Waals surface area contributed by atoms with Gasteiger partial charge in [-0.25, -0.2) is 13.2 Å². The number of halogens is 3. The standard InChI is InChI=1S/C17H16F3NO6S/c1-21(28(2,25)26)11-4-6-12(7-5-11)27-9-10-3-8-13(17(18,19)20)15(22)14(10)16(23)24/h3-8,22H,9H2,1-2H3,(H,23,24). The monoisotopic (exact) mass is 419 g/mol. The largest absolute Gasteiger partial charge is 0.506 e. The molecule has 0 heterocycles. The van der Waals surface area contributed by atoms with Gasteiger partial charge in [0.2, 0.25) is 10.0 Å². The zero-order valence-electron chi connectivity index (χ0n) is 14.7. The van der Waals surface area contributed by atoms with Crippen LogP contribution < -0.4 is 9.04 Å². The van der Waals surface area contributed by atoms with Gasteiger partial charge in [-0.3, -0.25) is 4.31 Å². The molecule has 0 aliphatic heterocycles. The van der Waals surface area contributed by atoms with Gasteiger partial charge in [0.05, 0.1) is 17.5 Å². The Morgan fingerprint density at radius 3 is 2.18 bits per heavy atom. The van der Waals surface area contributed by atoms with Gasteiger partial charge < -0.3 is 14.9 Å². The van der Waals surface area contributed by atoms with E-state index in [-0.39, 0.29) is 11.3 Å². The maximum Gasteiger partial charge on any atom is 0.419 e. The van der Waals surface area contributed by atoms with Crippen molar-refractivity contribution in [2.45, 2.75) is 12.8 Å². The molecule has 2 aromatic carbocycles. The lowest BCUT2D eigenvalue weighted by molar-refractivity contribution is -0.138. The predicted octanol–water partition coefficient (Wildman–Crippen LogP) is 3.08. The summed E-state index contributed by atoms with van der Waals surface area (Å²) in [6, 6.07) is 7.21. The summed E-state index contributed by atoms with van der Waals surface area (Å²) in [4.78, 5) is 11.3. The predicted molar refractivity (Wildman–Crippen MR) is 94.1 cm³/mol. The zero-order chi connectivity index (χ0) is 21.3. The number of aromatic hydroxyl groups is 1. The molecular weight excluding hydrogens is 403 g/mol. The van der Waals surface area contributed by atoms with Gasteiger partial charge in [0.25, 0.3) is 0 Å². The van der Waals surface area contributed by atoms with Crippen molar-refractivity contribution in [3.63, 3.8) is 0 Å². The number of hydrogen-bond donors (Lipinski definition) is 2. The topological polar surface area (TPSA) is 104 Å². The van der Waals surface area contributed by atoms with Crippen LogP contribution >= 0.6 is 0 Å². The minimum absolute atomic E-state index is 0.157. The number of sulfonamides is 1. The van der Waals surface area contributed by atoms with Crippen molar-refractivity contribution >= 4 is 21.7 Å². The molecule has 2 aromatic rings. The SMILES string of the molecule is CN(c1ccc(OCc2ccc(C(F)(F)F)c(O)c2C(=O)O)cc1)S(C)(=O)=O. The van der Waals surface area contributed by atoms with Gasteiger partial charge in [0.15, 0.2) is 0 Å². The molecule has 0 amide bonds. The molecule has 0 unspecified atom stereocenters. The second-order valence-corrected chi connectivity index (χ2v) is 7.83. The van der Waals surface area contributed by atoms with Crippen molar-refractivity contribution in [3.05, 3.63) is 53.1 Å². The molecule has 28 heavy (non-hydrogen) atoms. The molecule has 2 N–H and O–H groups in total. The van der Waals surface area contributed by atoms with Gasteiger partial charge in [-0.15, -0.1) is 0 Å². The lowest BCUT2D eigenvalue weighted by atomic mass is 10.0. The van der Waals surface area contributed by atoms with Crippen LogP contribution in [0.5, 0.6) is 11.5 Å². The summed E-state index contributed by atoms with van der Waals surface area (Å²) in [5.41, 5.74) is -2.16. The molecule has 0 bridgehead atoms. The highest BCUT2D eigenvalue weighted by Crippen LogP contribution is 2.39. The van der Waals surface area contributed by atoms with Crippen LogP contribution in [0.3, 0.4) is 0 Å². The Balaban J connectivity index is 2.25. The number of anilines is 1. The van der Waals surface area contributed by atoms with E-state index in [1.807, 2.05) is 0 Å². The Kier molecular flexibility index (Phi) is 5.78. The van der Waals surface area contributed by atoms with Crippen molar-refractivity contribution in [2.75, 3.05) is 17.6 Å². The van der Waals surface area contributed by atoms with E-state index >= 15 is 0 Å². The van der Waals surface area contributed by atoms with E-state index in [0.717, 1.165) is 16.6 Å². The Bertz CT molecular complexity index is 987. The van der Waals surface area contributed by atoms with E-state index in [1.165, 1.54) is 31.3 Å². The first-order valence-corrected chi connectivity index (χ1v) is 9.49. The van der Waals surface area contributed by atoms with Crippen LogP contribution in [0.25, 0.3) is 0 Å². The molecule has 0 aliphatic rings. The molecule has 0 aliphatic carbocycles. The molecule has 0 atom stereocenters. The Hall–Kier alpha value is -2.95. The van der Waals surface area contributed by atoms with Crippen LogP contribution in [-0.2, 0) is 22.8 Å². The highest BCUT2D eigenvalue weighted by Gasteiger charge is 2.36. The molecular formula is C17H16F3NO6S. The van der Waals surface area contributed by atoms with Crippen LogP contribution in [0.15, 0.2) is 36.4 Å². The lowest BCUT2D eigenvalue weighted by Crippen LogP contribution is -2.24. The second-order valence-electron chi connectivity index (χ2n) is 5.81. The number of rotatable bonds is 6. The summed E-state index contributed by atoms with van der Waals surface area (Å²) in [7, 11) is -2.10. The summed E-state index contributed by atoms with van der Waals surface area (Å²) < 4.78 is 67.9. The Labute approximate surface area is 158 Å². The number of carboxylic acid groups (broad SMARTS) is 1. The maximum atomic E-state index is 12.8. The van der Waals surface area contributed by atoms with Crippen molar-refractivity contribution < 1.29 is 41.3 Å². The van der Waals surface area contributed by atoms with Gasteiger partial charge in [0, 0.05) is 12.6 Å². The summed E-state index contributed by atoms with van der Waals surface area (Å²) >= 11 is 0. The second kappa shape index (κ2) is 7.58. The maximum absolute atomic E-state index is 12.8. The molecule has 0 spiro atoms. The van der Waals surface area contributed by atoms with Crippen LogP contribution in [0, 0.1) is 0 Å². The molecule has 0 saturated carbocycles. The highest BCUT2D eigenvalue weighted by atomic mass is 32.2. The van der Waals surface area contributed by atoms with Crippen LogP contribution in [0.1, 0.15) is 21.5 Å². The summed E-state index contributed by atoms with van der Waals surface area (Å²) in [6.45, 7) is -0.422. The Morgan fingerprint density at radius 2 is 1.71 bits per heavy atom. The first-order chi connectivity index (χ1) is 12.8. The molecule has 0 aromatic heterocycles. The van der Waals surface area contributed by atoms with Crippen LogP contribution in [0.4, 0.5) is 18.9 Å². The molecule has 0 fully saturated rings. The number of alkyl halides is 3. The van der Waals surface area contributed by atoms with E-state index in [2.05, 4.69) is 0 Å². The highest BCUT2D eigenvalue weighted by molar-refractivity contribution is 7.92. The molecule has 2 rings (SSSR count). The number of carboxylic acids is 1. The van der Waals surface area contributed by atoms with Gasteiger partial charge >= 0.3 is 12.1 Å². The third-order valence-electron chi connectivity index (χ3n) is 3.88. The van der Waals surface area contributed by atoms with E-state index in [4.69, 9.17) is 9.84 Å². The molecule has 7 nitrogen and oxygen atoms in total. The van der Waals surface area contributed by atoms with Gasteiger partial charge in [0.1, 0.15) is 23.7 Å². The minimum Gasteiger partial charge on any atom is -0.506 e. The van der Waals surface area contributed by atoms with Crippen molar-refractivity contribution in [1.82, 2.24) is 0 Å². The average molecular weight is 419 g/mol. The fourth-order valence-corrected chi connectivity index (χ4v) is 2.83. The number of hydrogen-bond acceptors (Lipinski definition) is 5. The number of aromatic carboxylic acids is 1. The van der Waals surface area contributed by atoms with Crippen LogP contribution in [-0.4, -0.2) is 37.9 Å². The van der Waals surface area contributed by atoms with Crippen molar-refractivity contribution in [2.24, 2.45) is 0 Å². The van der Waals surface area contributed by atoms with E-state index < -0.39 is 45.7 Å². The van der Waals surface area contributed by atoms with Gasteiger partial charge in [-0.05, 0) is 30.3 Å². The van der Waals surface area contributed by atoms with E-state index in [1.54, 1.807) is 0 Å². The number of carbonyl (C=O) groups is 1. The molecule has 11 heteroatoms. The number of ether oxygens (including phenoxy) is 1. The number of benzene rings is 2. The zero-order valence-corrected chi connectivity index (χ0v) is 15.5. The van der Waals surface area contributed by atoms with Gasteiger partial charge in [-0.2, -0.15) is 13.2 Å². The van der Waals surface area contributed by atoms with Gasteiger partial charge in [-0.1, -0.05) is 6.07 Å². The fraction of sp³-hybridized carbons (Fsp3) is 0.235. The van der Waals surface area contributed by atoms with E-state index in [0.29, 0.717) is 11.8 Å². The summed E-state index contributed by atoms with van der Waals surface area (Å²) in [5.74, 6) is -2.89. The Morgan fingerprint density at radius 1 is 1.14 bits per heavy atom. The normalized spacial score (nSPS) is 11.9. The third-order valence-corrected chi connectivity index (χ3v) is 5.08. The van der Waals surface area contributed by atoms with E-state index in [9.17, 15) is 31.5 Å². The molecule has 152 valence electrons. The number of nitrogens with zero attached hydrogens (tertiary/aromatic N) is 1. The quantitative estimate of drug-likeness (QED) is 0.746. The number of phenols is 1. The fourth-order valence-electron chi connectivity index (χ4n) is 2.33. The third kappa shape index (κ3) is 4.66. The lowest BCUT2D eigenvalue weighted by Gasteiger charge is -2.17. The van der Waals surface area contributed by atoms with Crippen LogP contribution in [0.2, 0.25) is 0 Å². The van der Waals surface area contributed by atoms with Crippen molar-refractivity contribution in [1.29, 1.82) is 0 Å².